The third-order valence-electron chi connectivity index (χ3n) is 7.21. The average Bonchev–Trinajstić information content (AvgIpc) is 2.80. The maximum Gasteiger partial charge on any atom is 0.573 e. The van der Waals surface area contributed by atoms with Crippen molar-refractivity contribution in [3.8, 4) is 16.9 Å². The number of aromatic nitrogens is 1. The van der Waals surface area contributed by atoms with Gasteiger partial charge in [0.25, 0.3) is 5.56 Å². The van der Waals surface area contributed by atoms with Gasteiger partial charge in [-0.15, -0.1) is 13.2 Å². The number of benzene rings is 1. The van der Waals surface area contributed by atoms with Crippen molar-refractivity contribution in [2.24, 2.45) is 5.92 Å². The minimum absolute atomic E-state index is 0.0143. The fourth-order valence-electron chi connectivity index (χ4n) is 5.77. The van der Waals surface area contributed by atoms with Crippen LogP contribution in [-0.2, 0) is 6.54 Å². The minimum Gasteiger partial charge on any atom is -0.406 e. The Morgan fingerprint density at radius 2 is 1.71 bits per heavy atom. The van der Waals surface area contributed by atoms with Gasteiger partial charge in [-0.1, -0.05) is 31.4 Å². The van der Waals surface area contributed by atoms with E-state index in [2.05, 4.69) is 10.1 Å². The fourth-order valence-corrected chi connectivity index (χ4v) is 5.77. The largest absolute Gasteiger partial charge is 0.573 e. The monoisotopic (exact) mass is 475 g/mol. The maximum absolute atomic E-state index is 13.0. The highest BCUT2D eigenvalue weighted by Crippen LogP contribution is 2.40. The highest BCUT2D eigenvalue weighted by atomic mass is 19.4. The van der Waals surface area contributed by atoms with Gasteiger partial charge in [0.15, 0.2) is 0 Å². The third kappa shape index (κ3) is 4.79. The van der Waals surface area contributed by atoms with Crippen LogP contribution >= 0.6 is 0 Å². The Labute approximate surface area is 195 Å². The van der Waals surface area contributed by atoms with E-state index in [9.17, 15) is 22.8 Å². The predicted octanol–water partition coefficient (Wildman–Crippen LogP) is 4.88. The number of halogens is 3. The zero-order valence-corrected chi connectivity index (χ0v) is 18.8. The molecular weight excluding hydrogens is 447 g/mol. The number of likely N-dealkylation sites (tertiary alicyclic amines) is 1. The van der Waals surface area contributed by atoms with Gasteiger partial charge in [-0.2, -0.15) is 0 Å². The van der Waals surface area contributed by atoms with E-state index in [4.69, 9.17) is 0 Å². The lowest BCUT2D eigenvalue weighted by Crippen LogP contribution is -2.53. The van der Waals surface area contributed by atoms with Crippen molar-refractivity contribution in [3.63, 3.8) is 0 Å². The number of hydrogen-bond acceptors (Lipinski definition) is 3. The highest BCUT2D eigenvalue weighted by molar-refractivity contribution is 5.75. The van der Waals surface area contributed by atoms with E-state index in [1.54, 1.807) is 22.8 Å². The van der Waals surface area contributed by atoms with E-state index < -0.39 is 6.36 Å². The zero-order valence-electron chi connectivity index (χ0n) is 18.8. The van der Waals surface area contributed by atoms with Gasteiger partial charge in [-0.3, -0.25) is 4.79 Å². The second-order valence-corrected chi connectivity index (χ2v) is 9.64. The van der Waals surface area contributed by atoms with Crippen LogP contribution < -0.4 is 15.6 Å². The van der Waals surface area contributed by atoms with Crippen LogP contribution in [0.1, 0.15) is 50.1 Å². The number of nitrogens with one attached hydrogen (secondary N) is 1. The van der Waals surface area contributed by atoms with Crippen LogP contribution in [-0.4, -0.2) is 41.0 Å². The van der Waals surface area contributed by atoms with Crippen molar-refractivity contribution in [2.75, 3.05) is 13.1 Å². The number of hydrogen-bond donors (Lipinski definition) is 1. The van der Waals surface area contributed by atoms with Gasteiger partial charge in [-0.25, -0.2) is 4.79 Å². The molecule has 1 saturated carbocycles. The summed E-state index contributed by atoms with van der Waals surface area (Å²) in [6.45, 7) is 1.66. The lowest BCUT2D eigenvalue weighted by molar-refractivity contribution is -0.274. The van der Waals surface area contributed by atoms with Crippen LogP contribution in [0.3, 0.4) is 0 Å². The molecule has 182 valence electrons. The van der Waals surface area contributed by atoms with E-state index in [0.29, 0.717) is 25.2 Å². The van der Waals surface area contributed by atoms with Crippen LogP contribution in [0.5, 0.6) is 5.75 Å². The molecule has 5 rings (SSSR count). The van der Waals surface area contributed by atoms with E-state index in [-0.39, 0.29) is 35.2 Å². The summed E-state index contributed by atoms with van der Waals surface area (Å²) >= 11 is 0. The number of piperidine rings is 1. The molecule has 2 atom stereocenters. The molecule has 1 N–H and O–H groups in total. The molecule has 2 bridgehead atoms. The summed E-state index contributed by atoms with van der Waals surface area (Å²) in [6, 6.07) is 9.13. The van der Waals surface area contributed by atoms with Gasteiger partial charge in [0.1, 0.15) is 5.75 Å². The maximum atomic E-state index is 13.0. The molecule has 2 amide bonds. The van der Waals surface area contributed by atoms with Gasteiger partial charge >= 0.3 is 12.4 Å². The van der Waals surface area contributed by atoms with E-state index in [1.807, 2.05) is 4.90 Å². The number of fused-ring (bicyclic) bond motifs is 4. The molecule has 9 heteroatoms. The minimum atomic E-state index is -4.75. The summed E-state index contributed by atoms with van der Waals surface area (Å²) in [5.41, 5.74) is 2.27. The van der Waals surface area contributed by atoms with E-state index >= 15 is 0 Å². The first-order chi connectivity index (χ1) is 16.3. The SMILES string of the molecule is O=C(NC1CCCCC1)N1C[C@@H]2C[C@@H](C1)c1c(-c3ccc(OC(F)(F)F)cc3)ccc(=O)n1C2. The molecule has 3 aliphatic rings. The highest BCUT2D eigenvalue weighted by Gasteiger charge is 2.38. The smallest absolute Gasteiger partial charge is 0.406 e. The number of urea groups is 1. The van der Waals surface area contributed by atoms with Gasteiger partial charge in [0.05, 0.1) is 0 Å². The first-order valence-electron chi connectivity index (χ1n) is 11.9. The Kier molecular flexibility index (Phi) is 6.04. The van der Waals surface area contributed by atoms with Crippen LogP contribution in [0, 0.1) is 5.92 Å². The number of ether oxygens (including phenoxy) is 1. The first kappa shape index (κ1) is 22.8. The van der Waals surface area contributed by atoms with Gasteiger partial charge in [0.2, 0.25) is 0 Å². The van der Waals surface area contributed by atoms with Crippen LogP contribution in [0.25, 0.3) is 11.1 Å². The molecule has 1 saturated heterocycles. The van der Waals surface area contributed by atoms with Crippen molar-refractivity contribution < 1.29 is 22.7 Å². The molecule has 2 aromatic rings. The van der Waals surface area contributed by atoms with Crippen molar-refractivity contribution in [3.05, 3.63) is 52.4 Å². The van der Waals surface area contributed by atoms with Gasteiger partial charge in [-0.05, 0) is 48.9 Å². The van der Waals surface area contributed by atoms with Crippen molar-refractivity contribution >= 4 is 6.03 Å². The molecule has 0 spiro atoms. The molecule has 34 heavy (non-hydrogen) atoms. The second kappa shape index (κ2) is 9.00. The Hall–Kier alpha value is -2.97. The molecular formula is C25H28F3N3O3. The van der Waals surface area contributed by atoms with Crippen LogP contribution in [0.15, 0.2) is 41.2 Å². The molecule has 2 aliphatic heterocycles. The number of amides is 2. The van der Waals surface area contributed by atoms with Crippen molar-refractivity contribution in [2.45, 2.75) is 63.4 Å². The van der Waals surface area contributed by atoms with Crippen molar-refractivity contribution in [1.82, 2.24) is 14.8 Å². The lowest BCUT2D eigenvalue weighted by atomic mass is 9.80. The molecule has 0 unspecified atom stereocenters. The standard InChI is InChI=1S/C25H28F3N3O3/c26-25(27,28)34-20-8-6-17(7-9-20)21-10-11-22(32)31-14-16-12-18(23(21)31)15-30(13-16)24(33)29-19-4-2-1-3-5-19/h6-11,16,18-19H,1-5,12-15H2,(H,29,33)/t16-,18-/m0/s1. The Bertz CT molecular complexity index is 1110. The molecule has 6 nitrogen and oxygen atoms in total. The van der Waals surface area contributed by atoms with Gasteiger partial charge in [0, 0.05) is 48.9 Å². The summed E-state index contributed by atoms with van der Waals surface area (Å²) in [6.07, 6.45) is 1.66. The number of pyridine rings is 1. The summed E-state index contributed by atoms with van der Waals surface area (Å²) in [5.74, 6) is -0.111. The quantitative estimate of drug-likeness (QED) is 0.689. The van der Waals surface area contributed by atoms with Crippen molar-refractivity contribution in [1.29, 1.82) is 0 Å². The van der Waals surface area contributed by atoms with Gasteiger partial charge < -0.3 is 19.5 Å². The van der Waals surface area contributed by atoms with E-state index in [0.717, 1.165) is 43.4 Å². The Balaban J connectivity index is 1.40. The van der Waals surface area contributed by atoms with E-state index in [1.165, 1.54) is 24.6 Å². The number of carbonyl (C=O) groups excluding carboxylic acids is 1. The lowest BCUT2D eigenvalue weighted by Gasteiger charge is -2.44. The second-order valence-electron chi connectivity index (χ2n) is 9.64. The molecule has 1 aromatic heterocycles. The molecule has 3 heterocycles. The topological polar surface area (TPSA) is 63.6 Å². The summed E-state index contributed by atoms with van der Waals surface area (Å²) in [7, 11) is 0. The predicted molar refractivity (Wildman–Crippen MR) is 121 cm³/mol. The molecule has 1 aromatic carbocycles. The number of rotatable bonds is 3. The fraction of sp³-hybridized carbons (Fsp3) is 0.520. The van der Waals surface area contributed by atoms with Crippen LogP contribution in [0.4, 0.5) is 18.0 Å². The Morgan fingerprint density at radius 1 is 0.971 bits per heavy atom. The molecule has 1 aliphatic carbocycles. The molecule has 2 fully saturated rings. The number of carbonyl (C=O) groups is 1. The third-order valence-corrected chi connectivity index (χ3v) is 7.21. The summed E-state index contributed by atoms with van der Waals surface area (Å²) in [5, 5.41) is 3.20. The molecule has 0 radical (unpaired) electrons. The number of nitrogens with zero attached hydrogens (tertiary/aromatic N) is 2. The number of alkyl halides is 3. The first-order valence-corrected chi connectivity index (χ1v) is 11.9. The average molecular weight is 476 g/mol. The van der Waals surface area contributed by atoms with Crippen LogP contribution in [0.2, 0.25) is 0 Å². The zero-order chi connectivity index (χ0) is 23.9. The summed E-state index contributed by atoms with van der Waals surface area (Å²) in [4.78, 5) is 27.6. The Morgan fingerprint density at radius 3 is 2.41 bits per heavy atom. The summed E-state index contributed by atoms with van der Waals surface area (Å²) < 4.78 is 43.3. The normalized spacial score (nSPS) is 22.7.